The number of amides is 18. The number of aliphatic hydroxyl groups excluding tert-OH is 3. The lowest BCUT2D eigenvalue weighted by molar-refractivity contribution is -0.144. The van der Waals surface area contributed by atoms with E-state index in [0.717, 1.165) is 29.9 Å². The molecule has 0 aromatic rings. The first-order valence-corrected chi connectivity index (χ1v) is 45.4. The van der Waals surface area contributed by atoms with Crippen molar-refractivity contribution in [2.24, 2.45) is 41.1 Å². The van der Waals surface area contributed by atoms with Crippen molar-refractivity contribution in [3.05, 3.63) is 0 Å². The summed E-state index contributed by atoms with van der Waals surface area (Å²) in [4.78, 5) is 232. The second kappa shape index (κ2) is 57.0. The fourth-order valence-corrected chi connectivity index (χ4v) is 16.3. The number of carbonyl (C=O) groups is 17. The predicted molar refractivity (Wildman–Crippen MR) is 457 cm³/mol. The largest absolute Gasteiger partial charge is 0.394 e. The smallest absolute Gasteiger partial charge is 0.315 e. The van der Waals surface area contributed by atoms with Gasteiger partial charge >= 0.3 is 6.03 Å². The maximum atomic E-state index is 14.8. The summed E-state index contributed by atoms with van der Waals surface area (Å²) >= 11 is 3.20. The second-order valence-corrected chi connectivity index (χ2v) is 35.3. The second-order valence-electron chi connectivity index (χ2n) is 33.1. The average Bonchev–Trinajstić information content (AvgIpc) is 1.64. The summed E-state index contributed by atoms with van der Waals surface area (Å²) in [5.74, 6) is -12.9. The predicted octanol–water partition coefficient (Wildman–Crippen LogP) is -4.84. The Kier molecular flexibility index (Phi) is 49.5. The molecule has 0 aliphatic carbocycles. The van der Waals surface area contributed by atoms with Gasteiger partial charge in [-0.05, 0) is 112 Å². The summed E-state index contributed by atoms with van der Waals surface area (Å²) in [5.41, 5.74) is 10.7. The van der Waals surface area contributed by atoms with Crippen molar-refractivity contribution in [1.82, 2.24) is 84.2 Å². The van der Waals surface area contributed by atoms with E-state index in [4.69, 9.17) is 30.4 Å². The van der Waals surface area contributed by atoms with Gasteiger partial charge in [-0.3, -0.25) is 76.7 Å². The minimum absolute atomic E-state index is 0.0293. The molecule has 4 aliphatic heterocycles. The molecular formula is C80H138N18O24S2. The van der Waals surface area contributed by atoms with Crippen molar-refractivity contribution in [3.63, 3.8) is 0 Å². The molecule has 4 rings (SSSR count). The molecule has 4 heterocycles. The first-order valence-electron chi connectivity index (χ1n) is 42.9. The number of nitrogens with two attached hydrogens (primary N) is 2. The van der Waals surface area contributed by atoms with E-state index in [1.54, 1.807) is 61.6 Å². The Labute approximate surface area is 733 Å². The fraction of sp³-hybridized carbons (Fsp3) is 0.787. The number of nitrogens with zero attached hydrogens (tertiary/aromatic N) is 2. The van der Waals surface area contributed by atoms with E-state index < -0.39 is 206 Å². The minimum Gasteiger partial charge on any atom is -0.394 e. The first kappa shape index (κ1) is 108. The summed E-state index contributed by atoms with van der Waals surface area (Å²) in [6, 6.07) is -16.3. The highest BCUT2D eigenvalue weighted by Crippen LogP contribution is 2.33. The van der Waals surface area contributed by atoms with Gasteiger partial charge in [0.15, 0.2) is 0 Å². The summed E-state index contributed by atoms with van der Waals surface area (Å²) < 4.78 is 21.8. The van der Waals surface area contributed by atoms with Crippen LogP contribution in [-0.2, 0) is 95.7 Å². The molecule has 4 fully saturated rings. The van der Waals surface area contributed by atoms with E-state index in [0.29, 0.717) is 36.8 Å². The number of unbranched alkanes of at least 4 members (excludes halogenated alkanes) is 1. The zero-order valence-electron chi connectivity index (χ0n) is 73.5. The van der Waals surface area contributed by atoms with Gasteiger partial charge in [-0.1, -0.05) is 82.1 Å². The van der Waals surface area contributed by atoms with Crippen LogP contribution in [0.5, 0.6) is 0 Å². The van der Waals surface area contributed by atoms with Crippen molar-refractivity contribution in [2.45, 2.75) is 255 Å². The van der Waals surface area contributed by atoms with Gasteiger partial charge in [0.1, 0.15) is 85.7 Å². The number of nitrogens with one attached hydrogen (secondary N) is 14. The van der Waals surface area contributed by atoms with Gasteiger partial charge in [-0.15, -0.1) is 0 Å². The number of rotatable bonds is 61. The van der Waals surface area contributed by atoms with Crippen LogP contribution in [0.25, 0.3) is 0 Å². The Morgan fingerprint density at radius 3 is 1.48 bits per heavy atom. The lowest BCUT2D eigenvalue weighted by Gasteiger charge is -2.33. The number of urea groups is 1. The topological polar surface area (TPSA) is 615 Å². The SMILES string of the molecule is CC[C@H](C)[C@H](NC(=O)[C@@H]1CCCN1C(=O)[C@H](CO)NC(=O)[C@H](CCC(N)=O)NC(=O)[C@H](CCSC)NC(=O)COCCOCCNC(=O)COCCOCCNC(=O)CCCC[C@@H]1SC[C@@H]2NC(=O)N[C@@H]21)C(=O)N[C@H](C(=O)N[C@@H](CC(C)C)C(=O)N1CCC[C@H]1C(=O)N[C@@H](CC(C)C)C(=O)N[C@@H](CO)C(=O)N[C@@H](CC(C)C)C(=O)N[C@@H](CO)C(N)=O)C(C)C. The Morgan fingerprint density at radius 1 is 0.492 bits per heavy atom. The van der Waals surface area contributed by atoms with Crippen molar-refractivity contribution < 1.29 is 116 Å². The van der Waals surface area contributed by atoms with Gasteiger partial charge in [0, 0.05) is 50.0 Å². The van der Waals surface area contributed by atoms with E-state index in [1.807, 2.05) is 25.6 Å². The van der Waals surface area contributed by atoms with Gasteiger partial charge in [0.25, 0.3) is 0 Å². The van der Waals surface area contributed by atoms with Crippen LogP contribution in [0.1, 0.15) is 166 Å². The molecule has 21 N–H and O–H groups in total. The molecule has 18 amide bonds. The molecule has 124 heavy (non-hydrogen) atoms. The Morgan fingerprint density at radius 2 is 0.952 bits per heavy atom. The molecule has 0 unspecified atom stereocenters. The molecule has 0 aromatic carbocycles. The molecule has 0 radical (unpaired) electrons. The quantitative estimate of drug-likeness (QED) is 0.0201. The number of primary amides is 2. The molecule has 704 valence electrons. The lowest BCUT2D eigenvalue weighted by Crippen LogP contribution is -2.62. The lowest BCUT2D eigenvalue weighted by atomic mass is 9.95. The molecule has 0 saturated carbocycles. The Hall–Kier alpha value is -8.79. The minimum atomic E-state index is -1.71. The first-order chi connectivity index (χ1) is 58.9. The van der Waals surface area contributed by atoms with Gasteiger partial charge in [0.05, 0.1) is 71.5 Å². The highest BCUT2D eigenvalue weighted by molar-refractivity contribution is 8.00. The molecule has 16 atom stereocenters. The number of hydrogen-bond donors (Lipinski definition) is 19. The molecular weight excluding hydrogens is 1660 g/mol. The van der Waals surface area contributed by atoms with Crippen LogP contribution in [0.4, 0.5) is 4.79 Å². The van der Waals surface area contributed by atoms with Crippen LogP contribution in [0.3, 0.4) is 0 Å². The Balaban J connectivity index is 1.28. The standard InChI is InChI=1S/C80H138N18O24S2/c1-12-48(10)66(77(115)94-65(47(8)9)76(114)89-53(37-46(6)7)78(116)97-26-15-17-58(97)74(112)88-52(36-45(4)5)72(110)91-55(39-100)73(111)87-51(35-44(2)3)71(109)90-54(38-99)68(82)106)95-75(113)59-18-16-27-98(59)79(117)56(40-101)92-69(107)49(21-22-61(81)102)86-70(108)50(23-34-123-11)85-64(105)42-122-33-31-120-29-25-84-63(104)41-121-32-30-119-28-24-83-62(103)20-14-13-19-60-67-57(43-124-60)93-80(118)96-67/h44-60,65-67,99-101H,12-43H2,1-11H3,(H2,81,102)(H2,82,106)(H,83,103)(H,84,104)(H,85,105)(H,86,108)(H,87,111)(H,88,112)(H,89,114)(H,90,109)(H,91,110)(H,92,107)(H,94,115)(H,95,113)(H2,93,96,118)/t48-,49-,50-,51-,52-,53-,54-,55-,56-,57-,58-,59-,60-,65-,66-,67-/m0/s1. The zero-order valence-corrected chi connectivity index (χ0v) is 75.1. The number of likely N-dealkylation sites (tertiary alicyclic amines) is 2. The molecule has 0 spiro atoms. The summed E-state index contributed by atoms with van der Waals surface area (Å²) in [7, 11) is 0. The van der Waals surface area contributed by atoms with E-state index >= 15 is 0 Å². The van der Waals surface area contributed by atoms with Crippen LogP contribution < -0.4 is 85.9 Å². The monoisotopic (exact) mass is 1800 g/mol. The van der Waals surface area contributed by atoms with Crippen molar-refractivity contribution in [2.75, 3.05) is 117 Å². The number of thioether (sulfide) groups is 2. The normalized spacial score (nSPS) is 19.3. The summed E-state index contributed by atoms with van der Waals surface area (Å²) in [5, 5.41) is 68.1. The molecule has 0 bridgehead atoms. The number of fused-ring (bicyclic) bond motifs is 1. The number of ether oxygens (including phenoxy) is 4. The van der Waals surface area contributed by atoms with Crippen molar-refractivity contribution in [3.8, 4) is 0 Å². The third-order valence-corrected chi connectivity index (χ3v) is 23.3. The fourth-order valence-electron chi connectivity index (χ4n) is 14.3. The molecule has 4 aliphatic rings. The van der Waals surface area contributed by atoms with E-state index in [-0.39, 0.29) is 159 Å². The van der Waals surface area contributed by atoms with Crippen LogP contribution in [-0.4, -0.2) is 332 Å². The molecule has 44 heteroatoms. The molecule has 42 nitrogen and oxygen atoms in total. The highest BCUT2D eigenvalue weighted by atomic mass is 32.2. The van der Waals surface area contributed by atoms with Gasteiger partial charge in [-0.2, -0.15) is 23.5 Å². The third kappa shape index (κ3) is 37.8. The number of aliphatic hydroxyl groups is 3. The molecule has 0 aromatic heterocycles. The summed E-state index contributed by atoms with van der Waals surface area (Å²) in [6.45, 7) is 15.1. The maximum absolute atomic E-state index is 14.8. The number of hydrogen-bond acceptors (Lipinski definition) is 26. The van der Waals surface area contributed by atoms with Gasteiger partial charge in [-0.25, -0.2) is 4.79 Å². The van der Waals surface area contributed by atoms with Crippen LogP contribution in [0, 0.1) is 29.6 Å². The van der Waals surface area contributed by atoms with E-state index in [2.05, 4.69) is 74.4 Å². The van der Waals surface area contributed by atoms with Crippen LogP contribution in [0.2, 0.25) is 0 Å². The van der Waals surface area contributed by atoms with Crippen LogP contribution >= 0.6 is 23.5 Å². The molecule has 4 saturated heterocycles. The van der Waals surface area contributed by atoms with E-state index in [1.165, 1.54) is 16.7 Å². The maximum Gasteiger partial charge on any atom is 0.315 e. The highest BCUT2D eigenvalue weighted by Gasteiger charge is 2.46. The zero-order chi connectivity index (χ0) is 92.3. The summed E-state index contributed by atoms with van der Waals surface area (Å²) in [6.07, 6.45) is 5.30. The average molecular weight is 1800 g/mol. The Bertz CT molecular complexity index is 3520. The van der Waals surface area contributed by atoms with Crippen LogP contribution in [0.15, 0.2) is 0 Å². The number of carbonyl (C=O) groups excluding carboxylic acids is 17. The van der Waals surface area contributed by atoms with Crippen molar-refractivity contribution >= 4 is 124 Å². The third-order valence-electron chi connectivity index (χ3n) is 21.2. The van der Waals surface area contributed by atoms with Gasteiger partial charge < -0.3 is 130 Å². The van der Waals surface area contributed by atoms with E-state index in [9.17, 15) is 96.8 Å². The van der Waals surface area contributed by atoms with Gasteiger partial charge in [0.2, 0.25) is 94.5 Å². The van der Waals surface area contributed by atoms with Crippen molar-refractivity contribution in [1.29, 1.82) is 0 Å².